The number of benzene rings is 1. The third-order valence-electron chi connectivity index (χ3n) is 4.87. The van der Waals surface area contributed by atoms with Gasteiger partial charge in [-0.3, -0.25) is 5.41 Å². The highest BCUT2D eigenvalue weighted by Crippen LogP contribution is 2.36. The van der Waals surface area contributed by atoms with Gasteiger partial charge in [0.05, 0.1) is 23.0 Å². The van der Waals surface area contributed by atoms with Gasteiger partial charge >= 0.3 is 18.0 Å². The average Bonchev–Trinajstić information content (AvgIpc) is 2.82. The Labute approximate surface area is 207 Å². The first-order valence-corrected chi connectivity index (χ1v) is 10.3. The van der Waals surface area contributed by atoms with Crippen molar-refractivity contribution >= 4 is 50.6 Å². The molecule has 0 spiro atoms. The molecule has 3 heterocycles. The van der Waals surface area contributed by atoms with Crippen molar-refractivity contribution in [2.45, 2.75) is 12.4 Å². The van der Waals surface area contributed by atoms with Gasteiger partial charge in [-0.15, -0.1) is 0 Å². The SMILES string of the molecule is COc1c2ccc(C(F)(F)F)nc2cc2c(=O)oc(/C(=C/C(=N)C(F)(F)F)Nc3ncccc3Cl)nc12. The Morgan fingerprint density at radius 3 is 2.49 bits per heavy atom. The minimum absolute atomic E-state index is 0.00908. The van der Waals surface area contributed by atoms with E-state index in [9.17, 15) is 31.1 Å². The summed E-state index contributed by atoms with van der Waals surface area (Å²) in [6.45, 7) is 0. The van der Waals surface area contributed by atoms with Crippen molar-refractivity contribution in [1.29, 1.82) is 5.41 Å². The second kappa shape index (κ2) is 9.35. The summed E-state index contributed by atoms with van der Waals surface area (Å²) in [4.78, 5) is 24.3. The highest BCUT2D eigenvalue weighted by molar-refractivity contribution is 6.33. The predicted molar refractivity (Wildman–Crippen MR) is 122 cm³/mol. The lowest BCUT2D eigenvalue weighted by atomic mass is 10.1. The Hall–Kier alpha value is -4.20. The summed E-state index contributed by atoms with van der Waals surface area (Å²) >= 11 is 6.02. The summed E-state index contributed by atoms with van der Waals surface area (Å²) in [5.41, 5.74) is -5.30. The standard InChI is InChI=1S/C22H12ClF6N5O3/c1-36-17-9-4-5-15(22(27,28)29)32-12(9)7-10-16(17)34-19(37-20(10)35)13(8-14(30)21(24,25)26)33-18-11(23)3-2-6-31-18/h2-8,30H,1H3,(H,31,33)/b13-8-,30-14?. The summed E-state index contributed by atoms with van der Waals surface area (Å²) < 4.78 is 89.1. The molecule has 0 saturated carbocycles. The van der Waals surface area contributed by atoms with Crippen LogP contribution in [0.15, 0.2) is 51.8 Å². The van der Waals surface area contributed by atoms with Crippen LogP contribution in [0.2, 0.25) is 5.02 Å². The normalized spacial score (nSPS) is 12.7. The van der Waals surface area contributed by atoms with Gasteiger partial charge < -0.3 is 14.5 Å². The van der Waals surface area contributed by atoms with Gasteiger partial charge in [0.25, 0.3) is 0 Å². The van der Waals surface area contributed by atoms with Gasteiger partial charge in [-0.1, -0.05) is 11.6 Å². The van der Waals surface area contributed by atoms with E-state index < -0.39 is 41.0 Å². The molecule has 0 aliphatic carbocycles. The van der Waals surface area contributed by atoms with E-state index in [1.165, 1.54) is 18.3 Å². The molecule has 4 rings (SSSR count). The van der Waals surface area contributed by atoms with E-state index >= 15 is 0 Å². The van der Waals surface area contributed by atoms with Crippen LogP contribution in [0.25, 0.3) is 27.5 Å². The number of methoxy groups -OCH3 is 1. The molecule has 0 saturated heterocycles. The molecule has 0 radical (unpaired) electrons. The third-order valence-corrected chi connectivity index (χ3v) is 5.18. The Kier molecular flexibility index (Phi) is 6.54. The molecule has 0 bridgehead atoms. The monoisotopic (exact) mass is 543 g/mol. The molecular formula is C22H12ClF6N5O3. The van der Waals surface area contributed by atoms with Gasteiger partial charge in [0.2, 0.25) is 5.89 Å². The number of fused-ring (bicyclic) bond motifs is 2. The van der Waals surface area contributed by atoms with Crippen LogP contribution in [0.1, 0.15) is 11.6 Å². The fourth-order valence-electron chi connectivity index (χ4n) is 3.23. The van der Waals surface area contributed by atoms with Crippen molar-refractivity contribution in [1.82, 2.24) is 15.0 Å². The topological polar surface area (TPSA) is 114 Å². The number of nitrogens with one attached hydrogen (secondary N) is 2. The number of allylic oxidation sites excluding steroid dienone is 1. The number of aromatic nitrogens is 3. The van der Waals surface area contributed by atoms with E-state index in [-0.39, 0.29) is 38.4 Å². The van der Waals surface area contributed by atoms with Crippen LogP contribution in [0, 0.1) is 5.41 Å². The Balaban J connectivity index is 1.97. The molecular weight excluding hydrogens is 532 g/mol. The van der Waals surface area contributed by atoms with Crippen molar-refractivity contribution in [3.63, 3.8) is 0 Å². The molecule has 8 nitrogen and oxygen atoms in total. The summed E-state index contributed by atoms with van der Waals surface area (Å²) in [7, 11) is 1.16. The number of ether oxygens (including phenoxy) is 1. The molecule has 0 atom stereocenters. The Morgan fingerprint density at radius 2 is 1.86 bits per heavy atom. The number of hydrogen-bond acceptors (Lipinski definition) is 8. The van der Waals surface area contributed by atoms with E-state index in [1.807, 2.05) is 0 Å². The number of anilines is 1. The highest BCUT2D eigenvalue weighted by Gasteiger charge is 2.34. The van der Waals surface area contributed by atoms with E-state index in [0.717, 1.165) is 19.2 Å². The van der Waals surface area contributed by atoms with Crippen molar-refractivity contribution in [2.75, 3.05) is 12.4 Å². The molecule has 3 aromatic heterocycles. The maximum Gasteiger partial charge on any atom is 0.433 e. The van der Waals surface area contributed by atoms with Crippen LogP contribution >= 0.6 is 11.6 Å². The lowest BCUT2D eigenvalue weighted by molar-refractivity contribution is -0.140. The highest BCUT2D eigenvalue weighted by atomic mass is 35.5. The smallest absolute Gasteiger partial charge is 0.433 e. The summed E-state index contributed by atoms with van der Waals surface area (Å²) in [5, 5.41) is 9.49. The quantitative estimate of drug-likeness (QED) is 0.184. The fraction of sp³-hybridized carbons (Fsp3) is 0.136. The fourth-order valence-corrected chi connectivity index (χ4v) is 3.40. The zero-order valence-electron chi connectivity index (χ0n) is 18.3. The number of nitrogens with zero attached hydrogens (tertiary/aromatic N) is 3. The maximum absolute atomic E-state index is 13.1. The van der Waals surface area contributed by atoms with Crippen molar-refractivity contribution in [3.05, 3.63) is 69.6 Å². The molecule has 192 valence electrons. The number of hydrogen-bond donors (Lipinski definition) is 2. The molecule has 2 N–H and O–H groups in total. The maximum atomic E-state index is 13.1. The van der Waals surface area contributed by atoms with Crippen LogP contribution in [0.4, 0.5) is 32.2 Å². The minimum Gasteiger partial charge on any atom is -0.494 e. The Morgan fingerprint density at radius 1 is 1.14 bits per heavy atom. The van der Waals surface area contributed by atoms with Gasteiger partial charge in [-0.05, 0) is 36.4 Å². The molecule has 0 aliphatic rings. The van der Waals surface area contributed by atoms with Gasteiger partial charge in [0.1, 0.15) is 28.4 Å². The molecule has 0 aliphatic heterocycles. The first-order chi connectivity index (χ1) is 17.3. The molecule has 0 amide bonds. The predicted octanol–water partition coefficient (Wildman–Crippen LogP) is 5.85. The van der Waals surface area contributed by atoms with Gasteiger partial charge in [-0.25, -0.2) is 19.7 Å². The van der Waals surface area contributed by atoms with Crippen molar-refractivity contribution in [3.8, 4) is 5.75 Å². The number of pyridine rings is 2. The molecule has 37 heavy (non-hydrogen) atoms. The van der Waals surface area contributed by atoms with Crippen LogP contribution in [-0.2, 0) is 6.18 Å². The van der Waals surface area contributed by atoms with E-state index in [0.29, 0.717) is 12.1 Å². The van der Waals surface area contributed by atoms with E-state index in [4.69, 9.17) is 26.2 Å². The summed E-state index contributed by atoms with van der Waals surface area (Å²) in [6.07, 6.45) is -8.23. The van der Waals surface area contributed by atoms with Gasteiger partial charge in [0.15, 0.2) is 5.75 Å². The van der Waals surface area contributed by atoms with Crippen LogP contribution in [0.3, 0.4) is 0 Å². The van der Waals surface area contributed by atoms with Crippen LogP contribution < -0.4 is 15.7 Å². The van der Waals surface area contributed by atoms with Crippen LogP contribution in [0.5, 0.6) is 5.75 Å². The molecule has 4 aromatic rings. The average molecular weight is 544 g/mol. The van der Waals surface area contributed by atoms with E-state index in [1.54, 1.807) is 0 Å². The number of alkyl halides is 6. The molecule has 1 aromatic carbocycles. The first-order valence-electron chi connectivity index (χ1n) is 9.94. The third kappa shape index (κ3) is 5.18. The van der Waals surface area contributed by atoms with Crippen molar-refractivity contribution < 1.29 is 35.5 Å². The van der Waals surface area contributed by atoms with Crippen LogP contribution in [-0.4, -0.2) is 33.9 Å². The first kappa shape index (κ1) is 25.9. The summed E-state index contributed by atoms with van der Waals surface area (Å²) in [5.74, 6) is -1.01. The molecule has 0 unspecified atom stereocenters. The number of rotatable bonds is 5. The number of halogens is 7. The zero-order chi connectivity index (χ0) is 27.1. The largest absolute Gasteiger partial charge is 0.494 e. The molecule has 15 heteroatoms. The zero-order valence-corrected chi connectivity index (χ0v) is 19.0. The summed E-state index contributed by atoms with van der Waals surface area (Å²) in [6, 6.07) is 5.59. The molecule has 0 fully saturated rings. The lowest BCUT2D eigenvalue weighted by Gasteiger charge is -2.14. The lowest BCUT2D eigenvalue weighted by Crippen LogP contribution is -2.21. The minimum atomic E-state index is -5.06. The van der Waals surface area contributed by atoms with Gasteiger partial charge in [-0.2, -0.15) is 26.3 Å². The second-order valence-electron chi connectivity index (χ2n) is 7.30. The second-order valence-corrected chi connectivity index (χ2v) is 7.71. The van der Waals surface area contributed by atoms with E-state index in [2.05, 4.69) is 20.3 Å². The van der Waals surface area contributed by atoms with Gasteiger partial charge in [0, 0.05) is 11.6 Å². The Bertz CT molecular complexity index is 1630. The van der Waals surface area contributed by atoms with Crippen molar-refractivity contribution in [2.24, 2.45) is 0 Å².